The van der Waals surface area contributed by atoms with E-state index in [1.54, 1.807) is 27.7 Å². The zero-order chi connectivity index (χ0) is 20.0. The van der Waals surface area contributed by atoms with Crippen molar-refractivity contribution in [2.75, 3.05) is 5.32 Å². The van der Waals surface area contributed by atoms with E-state index in [-0.39, 0.29) is 39.1 Å². The van der Waals surface area contributed by atoms with Crippen LogP contribution in [-0.4, -0.2) is 29.9 Å². The molecule has 0 aliphatic heterocycles. The molecule has 0 saturated carbocycles. The van der Waals surface area contributed by atoms with Crippen LogP contribution in [0.25, 0.3) is 0 Å². The average molecular weight is 402 g/mol. The Balaban J connectivity index is 3.18. The number of rotatable bonds is 7. The zero-order valence-corrected chi connectivity index (χ0v) is 16.7. The summed E-state index contributed by atoms with van der Waals surface area (Å²) in [6, 6.07) is 2.97. The Hall–Kier alpha value is -2.05. The van der Waals surface area contributed by atoms with Gasteiger partial charge in [-0.15, -0.1) is 0 Å². The lowest BCUT2D eigenvalue weighted by molar-refractivity contribution is -0.143. The summed E-state index contributed by atoms with van der Waals surface area (Å²) in [6.07, 6.45) is 0.461. The van der Waals surface area contributed by atoms with Gasteiger partial charge in [-0.25, -0.2) is 9.59 Å². The number of hydrogen-bond acceptors (Lipinski definition) is 6. The van der Waals surface area contributed by atoms with Crippen molar-refractivity contribution in [2.45, 2.75) is 46.8 Å². The highest BCUT2D eigenvalue weighted by atomic mass is 35.5. The molecule has 0 bridgehead atoms. The van der Waals surface area contributed by atoms with Gasteiger partial charge in [0.2, 0.25) is 0 Å². The van der Waals surface area contributed by atoms with E-state index in [0.29, 0.717) is 0 Å². The minimum Gasteiger partial charge on any atom is -0.459 e. The maximum absolute atomic E-state index is 12.2. The minimum atomic E-state index is -0.760. The van der Waals surface area contributed by atoms with Gasteiger partial charge in [0.15, 0.2) is 5.78 Å². The number of carbonyl (C=O) groups is 3. The number of Topliss-reactive ketones (excluding diaryl/α,β-unsaturated/α-hetero) is 1. The van der Waals surface area contributed by atoms with Gasteiger partial charge in [0.1, 0.15) is 5.57 Å². The van der Waals surface area contributed by atoms with Crippen LogP contribution in [0.2, 0.25) is 10.0 Å². The molecule has 0 radical (unpaired) electrons. The van der Waals surface area contributed by atoms with E-state index in [0.717, 1.165) is 0 Å². The molecular formula is C18H21Cl2NO5. The molecule has 0 aromatic heterocycles. The topological polar surface area (TPSA) is 81.7 Å². The first-order valence-corrected chi connectivity index (χ1v) is 8.67. The van der Waals surface area contributed by atoms with Gasteiger partial charge in [0.25, 0.3) is 0 Å². The molecule has 1 N–H and O–H groups in total. The molecule has 0 spiro atoms. The van der Waals surface area contributed by atoms with Crippen molar-refractivity contribution in [3.8, 4) is 0 Å². The maximum Gasteiger partial charge on any atom is 0.343 e. The van der Waals surface area contributed by atoms with Crippen molar-refractivity contribution < 1.29 is 23.9 Å². The van der Waals surface area contributed by atoms with Crippen molar-refractivity contribution in [3.05, 3.63) is 39.5 Å². The summed E-state index contributed by atoms with van der Waals surface area (Å²) in [5, 5.41) is 2.88. The Bertz CT molecular complexity index is 741. The molecular weight excluding hydrogens is 381 g/mol. The normalized spacial score (nSPS) is 11.5. The summed E-state index contributed by atoms with van der Waals surface area (Å²) in [5.74, 6) is -1.91. The summed E-state index contributed by atoms with van der Waals surface area (Å²) in [4.78, 5) is 35.8. The molecule has 1 aromatic rings. The van der Waals surface area contributed by atoms with Gasteiger partial charge in [0.05, 0.1) is 33.5 Å². The fourth-order valence-corrected chi connectivity index (χ4v) is 2.44. The Morgan fingerprint density at radius 1 is 1.04 bits per heavy atom. The van der Waals surface area contributed by atoms with Crippen molar-refractivity contribution >= 4 is 46.6 Å². The Labute approximate surface area is 162 Å². The number of anilines is 1. The summed E-state index contributed by atoms with van der Waals surface area (Å²) in [6.45, 7) is 7.98. The predicted octanol–water partition coefficient (Wildman–Crippen LogP) is 4.40. The van der Waals surface area contributed by atoms with E-state index in [1.165, 1.54) is 25.3 Å². The molecule has 0 aliphatic rings. The van der Waals surface area contributed by atoms with Crippen molar-refractivity contribution in [3.63, 3.8) is 0 Å². The van der Waals surface area contributed by atoms with Crippen LogP contribution in [0.15, 0.2) is 23.9 Å². The number of esters is 2. The van der Waals surface area contributed by atoms with Crippen molar-refractivity contribution in [1.82, 2.24) is 0 Å². The standard InChI is InChI=1S/C18H21Cl2NO5/c1-9(2)25-17(23)12(11(5)22)8-21-14-7-6-13(19)15(16(14)20)18(24)26-10(3)4/h6-10,21H,1-5H3. The number of carbonyl (C=O) groups excluding carboxylic acids is 3. The molecule has 0 atom stereocenters. The molecule has 142 valence electrons. The van der Waals surface area contributed by atoms with Gasteiger partial charge in [-0.3, -0.25) is 4.79 Å². The highest BCUT2D eigenvalue weighted by molar-refractivity contribution is 6.41. The molecule has 1 aromatic carbocycles. The molecule has 6 nitrogen and oxygen atoms in total. The van der Waals surface area contributed by atoms with Gasteiger partial charge in [-0.2, -0.15) is 0 Å². The predicted molar refractivity (Wildman–Crippen MR) is 101 cm³/mol. The molecule has 0 aliphatic carbocycles. The van der Waals surface area contributed by atoms with E-state index < -0.39 is 17.7 Å². The third-order valence-corrected chi connectivity index (χ3v) is 3.66. The second kappa shape index (κ2) is 9.59. The Kier molecular flexibility index (Phi) is 8.11. The lowest BCUT2D eigenvalue weighted by atomic mass is 10.1. The van der Waals surface area contributed by atoms with Gasteiger partial charge >= 0.3 is 11.9 Å². The van der Waals surface area contributed by atoms with Gasteiger partial charge in [-0.1, -0.05) is 23.2 Å². The van der Waals surface area contributed by atoms with Crippen LogP contribution in [0.5, 0.6) is 0 Å². The van der Waals surface area contributed by atoms with E-state index in [4.69, 9.17) is 32.7 Å². The van der Waals surface area contributed by atoms with E-state index in [2.05, 4.69) is 5.32 Å². The lowest BCUT2D eigenvalue weighted by Gasteiger charge is -2.14. The average Bonchev–Trinajstić information content (AvgIpc) is 2.47. The Morgan fingerprint density at radius 3 is 2.12 bits per heavy atom. The van der Waals surface area contributed by atoms with Crippen molar-refractivity contribution in [2.24, 2.45) is 0 Å². The quantitative estimate of drug-likeness (QED) is 0.315. The largest absolute Gasteiger partial charge is 0.459 e. The molecule has 0 unspecified atom stereocenters. The molecule has 0 fully saturated rings. The summed E-state index contributed by atoms with van der Waals surface area (Å²) < 4.78 is 10.1. The summed E-state index contributed by atoms with van der Waals surface area (Å²) >= 11 is 12.3. The van der Waals surface area contributed by atoms with E-state index in [9.17, 15) is 14.4 Å². The number of ether oxygens (including phenoxy) is 2. The van der Waals surface area contributed by atoms with Crippen LogP contribution in [-0.2, 0) is 19.1 Å². The highest BCUT2D eigenvalue weighted by Crippen LogP contribution is 2.32. The molecule has 0 amide bonds. The summed E-state index contributed by atoms with van der Waals surface area (Å²) in [7, 11) is 0. The van der Waals surface area contributed by atoms with Gasteiger partial charge in [-0.05, 0) is 46.8 Å². The SMILES string of the molecule is CC(=O)C(=CNc1ccc(Cl)c(C(=O)OC(C)C)c1Cl)C(=O)OC(C)C. The number of ketones is 1. The molecule has 26 heavy (non-hydrogen) atoms. The number of benzene rings is 1. The van der Waals surface area contributed by atoms with Crippen LogP contribution < -0.4 is 5.32 Å². The van der Waals surface area contributed by atoms with E-state index >= 15 is 0 Å². The first-order chi connectivity index (χ1) is 12.0. The van der Waals surface area contributed by atoms with Gasteiger partial charge in [0, 0.05) is 6.20 Å². The maximum atomic E-state index is 12.2. The third-order valence-electron chi connectivity index (χ3n) is 2.95. The van der Waals surface area contributed by atoms with Crippen LogP contribution in [0.4, 0.5) is 5.69 Å². The second-order valence-corrected chi connectivity index (χ2v) is 6.74. The molecule has 0 heterocycles. The lowest BCUT2D eigenvalue weighted by Crippen LogP contribution is -2.19. The fraction of sp³-hybridized carbons (Fsp3) is 0.389. The first kappa shape index (κ1) is 22.0. The number of nitrogens with one attached hydrogen (secondary N) is 1. The van der Waals surface area contributed by atoms with E-state index in [1.807, 2.05) is 0 Å². The smallest absolute Gasteiger partial charge is 0.343 e. The molecule has 0 saturated heterocycles. The third kappa shape index (κ3) is 6.04. The Morgan fingerprint density at radius 2 is 1.62 bits per heavy atom. The van der Waals surface area contributed by atoms with Crippen molar-refractivity contribution in [1.29, 1.82) is 0 Å². The molecule has 8 heteroatoms. The molecule has 1 rings (SSSR count). The second-order valence-electron chi connectivity index (χ2n) is 5.95. The van der Waals surface area contributed by atoms with Crippen LogP contribution in [0.1, 0.15) is 45.0 Å². The first-order valence-electron chi connectivity index (χ1n) is 7.92. The number of halogens is 2. The fourth-order valence-electron chi connectivity index (χ4n) is 1.86. The number of hydrogen-bond donors (Lipinski definition) is 1. The van der Waals surface area contributed by atoms with Crippen LogP contribution in [0.3, 0.4) is 0 Å². The van der Waals surface area contributed by atoms with Gasteiger partial charge < -0.3 is 14.8 Å². The highest BCUT2D eigenvalue weighted by Gasteiger charge is 2.21. The monoisotopic (exact) mass is 401 g/mol. The minimum absolute atomic E-state index is 0.00503. The zero-order valence-electron chi connectivity index (χ0n) is 15.2. The summed E-state index contributed by atoms with van der Waals surface area (Å²) in [5.41, 5.74) is 0.0912. The van der Waals surface area contributed by atoms with Crippen LogP contribution in [0, 0.1) is 0 Å². The van der Waals surface area contributed by atoms with Crippen LogP contribution >= 0.6 is 23.2 Å².